The minimum atomic E-state index is -0.227. The highest BCUT2D eigenvalue weighted by molar-refractivity contribution is 6.33. The maximum Gasteiger partial charge on any atom is 0.238 e. The van der Waals surface area contributed by atoms with E-state index in [2.05, 4.69) is 10.6 Å². The van der Waals surface area contributed by atoms with Crippen LogP contribution in [0.4, 0.5) is 11.4 Å². The van der Waals surface area contributed by atoms with Crippen molar-refractivity contribution in [3.05, 3.63) is 58.6 Å². The molecule has 0 aromatic heterocycles. The Hall–Kier alpha value is -2.37. The molecule has 0 atom stereocenters. The van der Waals surface area contributed by atoms with E-state index in [0.29, 0.717) is 10.7 Å². The summed E-state index contributed by atoms with van der Waals surface area (Å²) in [5.41, 5.74) is 3.50. The van der Waals surface area contributed by atoms with Crippen LogP contribution in [0.15, 0.2) is 42.5 Å². The minimum Gasteiger partial charge on any atom is -0.325 e. The molecular formula is C19H22ClN3O2. The first-order valence-electron chi connectivity index (χ1n) is 7.96. The normalized spacial score (nSPS) is 10.6. The van der Waals surface area contributed by atoms with Crippen molar-refractivity contribution < 1.29 is 9.59 Å². The van der Waals surface area contributed by atoms with Crippen molar-refractivity contribution in [3.63, 3.8) is 0 Å². The lowest BCUT2D eigenvalue weighted by Crippen LogP contribution is -2.36. The van der Waals surface area contributed by atoms with Crippen molar-refractivity contribution in [2.24, 2.45) is 0 Å². The Kier molecular flexibility index (Phi) is 6.56. The van der Waals surface area contributed by atoms with Crippen LogP contribution < -0.4 is 10.6 Å². The molecule has 5 nitrogen and oxygen atoms in total. The van der Waals surface area contributed by atoms with Gasteiger partial charge < -0.3 is 10.6 Å². The number of nitrogens with one attached hydrogen (secondary N) is 2. The van der Waals surface area contributed by atoms with Gasteiger partial charge in [-0.1, -0.05) is 35.9 Å². The second-order valence-electron chi connectivity index (χ2n) is 6.00. The molecule has 2 N–H and O–H groups in total. The fourth-order valence-electron chi connectivity index (χ4n) is 2.37. The van der Waals surface area contributed by atoms with Gasteiger partial charge in [-0.2, -0.15) is 0 Å². The van der Waals surface area contributed by atoms with Crippen LogP contribution >= 0.6 is 11.6 Å². The number of para-hydroxylation sites is 1. The molecule has 0 aliphatic heterocycles. The third kappa shape index (κ3) is 5.59. The summed E-state index contributed by atoms with van der Waals surface area (Å²) < 4.78 is 0. The van der Waals surface area contributed by atoms with Crippen LogP contribution in [0.1, 0.15) is 11.1 Å². The average molecular weight is 360 g/mol. The Morgan fingerprint density at radius 3 is 2.12 bits per heavy atom. The van der Waals surface area contributed by atoms with Crippen molar-refractivity contribution in [3.8, 4) is 0 Å². The monoisotopic (exact) mass is 359 g/mol. The van der Waals surface area contributed by atoms with Gasteiger partial charge in [-0.05, 0) is 50.2 Å². The molecule has 2 rings (SSSR count). The third-order valence-electron chi connectivity index (χ3n) is 3.85. The van der Waals surface area contributed by atoms with E-state index in [0.717, 1.165) is 16.8 Å². The lowest BCUT2D eigenvalue weighted by molar-refractivity contribution is -0.119. The molecular weight excluding hydrogens is 338 g/mol. The van der Waals surface area contributed by atoms with Crippen molar-refractivity contribution >= 4 is 34.8 Å². The number of amides is 2. The van der Waals surface area contributed by atoms with E-state index in [-0.39, 0.29) is 24.9 Å². The molecule has 25 heavy (non-hydrogen) atoms. The summed E-state index contributed by atoms with van der Waals surface area (Å²) in [7, 11) is 1.72. The second-order valence-corrected chi connectivity index (χ2v) is 6.40. The summed E-state index contributed by atoms with van der Waals surface area (Å²) in [5.74, 6) is -0.392. The minimum absolute atomic E-state index is 0.0887. The van der Waals surface area contributed by atoms with Crippen LogP contribution in [0.5, 0.6) is 0 Å². The van der Waals surface area contributed by atoms with Gasteiger partial charge in [0.25, 0.3) is 0 Å². The average Bonchev–Trinajstić information content (AvgIpc) is 2.53. The quantitative estimate of drug-likeness (QED) is 0.830. The van der Waals surface area contributed by atoms with E-state index in [9.17, 15) is 9.59 Å². The van der Waals surface area contributed by atoms with Crippen molar-refractivity contribution in [1.82, 2.24) is 4.90 Å². The molecule has 0 bridgehead atoms. The van der Waals surface area contributed by atoms with Gasteiger partial charge in [0, 0.05) is 5.69 Å². The molecule has 0 saturated heterocycles. The summed E-state index contributed by atoms with van der Waals surface area (Å²) in [6.45, 7) is 4.16. The maximum absolute atomic E-state index is 12.2. The number of nitrogens with zero attached hydrogens (tertiary/aromatic N) is 1. The highest BCUT2D eigenvalue weighted by Gasteiger charge is 2.13. The molecule has 0 heterocycles. The lowest BCUT2D eigenvalue weighted by atomic mass is 10.1. The number of rotatable bonds is 6. The Morgan fingerprint density at radius 1 is 0.920 bits per heavy atom. The summed E-state index contributed by atoms with van der Waals surface area (Å²) in [5, 5.41) is 6.09. The number of hydrogen-bond donors (Lipinski definition) is 2. The highest BCUT2D eigenvalue weighted by atomic mass is 35.5. The number of benzene rings is 2. The Labute approximate surface area is 153 Å². The SMILES string of the molecule is Cc1cccc(NC(=O)CN(C)CC(=O)Nc2ccccc2Cl)c1C. The second kappa shape index (κ2) is 8.65. The van der Waals surface area contributed by atoms with E-state index in [1.807, 2.05) is 32.0 Å². The van der Waals surface area contributed by atoms with E-state index < -0.39 is 0 Å². The summed E-state index contributed by atoms with van der Waals surface area (Å²) in [6, 6.07) is 12.8. The molecule has 6 heteroatoms. The molecule has 0 saturated carbocycles. The first-order valence-corrected chi connectivity index (χ1v) is 8.33. The van der Waals surface area contributed by atoms with Gasteiger partial charge in [-0.15, -0.1) is 0 Å². The first-order chi connectivity index (χ1) is 11.9. The predicted octanol–water partition coefficient (Wildman–Crippen LogP) is 3.47. The molecule has 0 spiro atoms. The molecule has 0 aliphatic rings. The highest BCUT2D eigenvalue weighted by Crippen LogP contribution is 2.20. The zero-order valence-electron chi connectivity index (χ0n) is 14.6. The number of halogens is 1. The van der Waals surface area contributed by atoms with E-state index in [4.69, 9.17) is 11.6 Å². The molecule has 0 radical (unpaired) electrons. The van der Waals surface area contributed by atoms with Crippen LogP contribution in [0.2, 0.25) is 5.02 Å². The van der Waals surface area contributed by atoms with Gasteiger partial charge >= 0.3 is 0 Å². The summed E-state index contributed by atoms with van der Waals surface area (Å²) in [4.78, 5) is 25.9. The molecule has 132 valence electrons. The van der Waals surface area contributed by atoms with Gasteiger partial charge in [0.05, 0.1) is 23.8 Å². The van der Waals surface area contributed by atoms with Crippen LogP contribution in [0.25, 0.3) is 0 Å². The Morgan fingerprint density at radius 2 is 1.48 bits per heavy atom. The number of carbonyl (C=O) groups excluding carboxylic acids is 2. The van der Waals surface area contributed by atoms with Crippen molar-refractivity contribution in [2.75, 3.05) is 30.8 Å². The molecule has 2 aromatic carbocycles. The standard InChI is InChI=1S/C19H22ClN3O2/c1-13-7-6-10-16(14(13)2)21-18(24)11-23(3)12-19(25)22-17-9-5-4-8-15(17)20/h4-10H,11-12H2,1-3H3,(H,21,24)(H,22,25). The number of aryl methyl sites for hydroxylation is 1. The molecule has 0 fully saturated rings. The first kappa shape index (κ1) is 19.0. The largest absolute Gasteiger partial charge is 0.325 e. The zero-order valence-corrected chi connectivity index (χ0v) is 15.4. The molecule has 0 aliphatic carbocycles. The number of likely N-dealkylation sites (N-methyl/N-ethyl adjacent to an activating group) is 1. The fourth-order valence-corrected chi connectivity index (χ4v) is 2.56. The Bertz CT molecular complexity index is 777. The smallest absolute Gasteiger partial charge is 0.238 e. The molecule has 2 aromatic rings. The van der Waals surface area contributed by atoms with Crippen LogP contribution in [0, 0.1) is 13.8 Å². The lowest BCUT2D eigenvalue weighted by Gasteiger charge is -2.17. The van der Waals surface area contributed by atoms with Crippen LogP contribution in [-0.4, -0.2) is 36.9 Å². The van der Waals surface area contributed by atoms with E-state index in [1.165, 1.54) is 0 Å². The Balaban J connectivity index is 1.86. The summed E-state index contributed by atoms with van der Waals surface area (Å²) in [6.07, 6.45) is 0. The van der Waals surface area contributed by atoms with Crippen molar-refractivity contribution in [1.29, 1.82) is 0 Å². The zero-order chi connectivity index (χ0) is 18.4. The predicted molar refractivity (Wildman–Crippen MR) is 102 cm³/mol. The summed E-state index contributed by atoms with van der Waals surface area (Å²) >= 11 is 6.01. The number of anilines is 2. The van der Waals surface area contributed by atoms with Gasteiger partial charge in [0.15, 0.2) is 0 Å². The van der Waals surface area contributed by atoms with Gasteiger partial charge in [-0.3, -0.25) is 14.5 Å². The van der Waals surface area contributed by atoms with E-state index >= 15 is 0 Å². The van der Waals surface area contributed by atoms with E-state index in [1.54, 1.807) is 36.2 Å². The maximum atomic E-state index is 12.2. The van der Waals surface area contributed by atoms with Gasteiger partial charge in [0.1, 0.15) is 0 Å². The number of carbonyl (C=O) groups is 2. The number of hydrogen-bond acceptors (Lipinski definition) is 3. The third-order valence-corrected chi connectivity index (χ3v) is 4.18. The molecule has 0 unspecified atom stereocenters. The molecule has 2 amide bonds. The topological polar surface area (TPSA) is 61.4 Å². The van der Waals surface area contributed by atoms with Gasteiger partial charge in [0.2, 0.25) is 11.8 Å². The van der Waals surface area contributed by atoms with Crippen LogP contribution in [-0.2, 0) is 9.59 Å². The van der Waals surface area contributed by atoms with Gasteiger partial charge in [-0.25, -0.2) is 0 Å². The fraction of sp³-hybridized carbons (Fsp3) is 0.263. The van der Waals surface area contributed by atoms with Crippen LogP contribution in [0.3, 0.4) is 0 Å². The van der Waals surface area contributed by atoms with Crippen molar-refractivity contribution in [2.45, 2.75) is 13.8 Å².